The molecule has 0 fully saturated rings. The van der Waals surface area contributed by atoms with Gasteiger partial charge in [0.1, 0.15) is 11.6 Å². The maximum atomic E-state index is 5.78. The number of halogens is 1. The minimum Gasteiger partial charge on any atom is -0.491 e. The van der Waals surface area contributed by atoms with Crippen molar-refractivity contribution in [1.29, 1.82) is 0 Å². The monoisotopic (exact) mass is 277 g/mol. The van der Waals surface area contributed by atoms with Crippen LogP contribution in [0.2, 0.25) is 5.28 Å². The zero-order valence-corrected chi connectivity index (χ0v) is 11.9. The van der Waals surface area contributed by atoms with Gasteiger partial charge in [-0.15, -0.1) is 0 Å². The van der Waals surface area contributed by atoms with Crippen LogP contribution >= 0.6 is 11.6 Å². The number of anilines is 2. The van der Waals surface area contributed by atoms with Gasteiger partial charge in [0, 0.05) is 17.4 Å². The number of rotatable bonds is 4. The van der Waals surface area contributed by atoms with Crippen LogP contribution in [-0.2, 0) is 0 Å². The Kier molecular flexibility index (Phi) is 4.22. The Morgan fingerprint density at radius 3 is 2.53 bits per heavy atom. The Balaban J connectivity index is 2.13. The van der Waals surface area contributed by atoms with Crippen LogP contribution in [-0.4, -0.2) is 16.1 Å². The maximum absolute atomic E-state index is 5.78. The first kappa shape index (κ1) is 13.6. The van der Waals surface area contributed by atoms with Crippen molar-refractivity contribution in [2.45, 2.75) is 26.9 Å². The van der Waals surface area contributed by atoms with E-state index in [2.05, 4.69) is 15.3 Å². The van der Waals surface area contributed by atoms with Gasteiger partial charge in [-0.3, -0.25) is 0 Å². The van der Waals surface area contributed by atoms with Crippen LogP contribution in [0.25, 0.3) is 0 Å². The van der Waals surface area contributed by atoms with Gasteiger partial charge in [0.15, 0.2) is 0 Å². The minimum atomic E-state index is 0.168. The molecule has 2 rings (SSSR count). The Hall–Kier alpha value is -1.81. The van der Waals surface area contributed by atoms with E-state index in [0.29, 0.717) is 5.82 Å². The standard InChI is InChI=1S/C14H16ClN3O/c1-9(2)19-12-6-4-11(5-7-12)17-13-10(3)8-16-14(15)18-13/h4-9H,1-3H3,(H,16,17,18). The van der Waals surface area contributed by atoms with Crippen LogP contribution in [0, 0.1) is 6.92 Å². The predicted molar refractivity (Wildman–Crippen MR) is 77.3 cm³/mol. The highest BCUT2D eigenvalue weighted by Gasteiger charge is 2.03. The van der Waals surface area contributed by atoms with Crippen molar-refractivity contribution in [3.8, 4) is 5.75 Å². The topological polar surface area (TPSA) is 47.0 Å². The molecule has 0 amide bonds. The number of nitrogens with zero attached hydrogens (tertiary/aromatic N) is 2. The average molecular weight is 278 g/mol. The molecule has 0 radical (unpaired) electrons. The Labute approximate surface area is 117 Å². The molecule has 0 saturated heterocycles. The summed E-state index contributed by atoms with van der Waals surface area (Å²) in [5.74, 6) is 1.55. The summed E-state index contributed by atoms with van der Waals surface area (Å²) in [5, 5.41) is 3.43. The van der Waals surface area contributed by atoms with Gasteiger partial charge >= 0.3 is 0 Å². The lowest BCUT2D eigenvalue weighted by Gasteiger charge is -2.11. The van der Waals surface area contributed by atoms with Crippen LogP contribution in [0.15, 0.2) is 30.5 Å². The van der Waals surface area contributed by atoms with Gasteiger partial charge in [-0.25, -0.2) is 9.97 Å². The summed E-state index contributed by atoms with van der Waals surface area (Å²) in [7, 11) is 0. The highest BCUT2D eigenvalue weighted by molar-refractivity contribution is 6.28. The van der Waals surface area contributed by atoms with Crippen molar-refractivity contribution in [2.75, 3.05) is 5.32 Å². The zero-order chi connectivity index (χ0) is 13.8. The molecule has 0 aliphatic heterocycles. The highest BCUT2D eigenvalue weighted by atomic mass is 35.5. The summed E-state index contributed by atoms with van der Waals surface area (Å²) in [6, 6.07) is 7.71. The molecular weight excluding hydrogens is 262 g/mol. The van der Waals surface area contributed by atoms with Gasteiger partial charge < -0.3 is 10.1 Å². The first-order valence-electron chi connectivity index (χ1n) is 6.07. The number of ether oxygens (including phenoxy) is 1. The molecular formula is C14H16ClN3O. The van der Waals surface area contributed by atoms with Crippen molar-refractivity contribution >= 4 is 23.1 Å². The first-order valence-corrected chi connectivity index (χ1v) is 6.45. The largest absolute Gasteiger partial charge is 0.491 e. The molecule has 0 aliphatic rings. The molecule has 19 heavy (non-hydrogen) atoms. The smallest absolute Gasteiger partial charge is 0.224 e. The van der Waals surface area contributed by atoms with E-state index < -0.39 is 0 Å². The second kappa shape index (κ2) is 5.89. The van der Waals surface area contributed by atoms with E-state index in [1.165, 1.54) is 0 Å². The van der Waals surface area contributed by atoms with Crippen LogP contribution in [0.3, 0.4) is 0 Å². The third-order valence-electron chi connectivity index (χ3n) is 2.43. The van der Waals surface area contributed by atoms with E-state index in [9.17, 15) is 0 Å². The number of nitrogens with one attached hydrogen (secondary N) is 1. The number of aromatic nitrogens is 2. The molecule has 1 heterocycles. The molecule has 1 N–H and O–H groups in total. The number of aryl methyl sites for hydroxylation is 1. The lowest BCUT2D eigenvalue weighted by molar-refractivity contribution is 0.242. The average Bonchev–Trinajstić information content (AvgIpc) is 2.35. The van der Waals surface area contributed by atoms with Crippen LogP contribution in [0.1, 0.15) is 19.4 Å². The third kappa shape index (κ3) is 3.83. The van der Waals surface area contributed by atoms with Gasteiger partial charge in [0.2, 0.25) is 5.28 Å². The summed E-state index contributed by atoms with van der Waals surface area (Å²) in [6.45, 7) is 5.92. The fraction of sp³-hybridized carbons (Fsp3) is 0.286. The second-order valence-electron chi connectivity index (χ2n) is 4.49. The third-order valence-corrected chi connectivity index (χ3v) is 2.61. The van der Waals surface area contributed by atoms with E-state index in [1.54, 1.807) is 6.20 Å². The summed E-state index contributed by atoms with van der Waals surface area (Å²) < 4.78 is 5.59. The van der Waals surface area contributed by atoms with Crippen LogP contribution in [0.5, 0.6) is 5.75 Å². The number of hydrogen-bond acceptors (Lipinski definition) is 4. The molecule has 1 aromatic carbocycles. The quantitative estimate of drug-likeness (QED) is 0.859. The number of benzene rings is 1. The van der Waals surface area contributed by atoms with Crippen molar-refractivity contribution in [3.05, 3.63) is 41.3 Å². The Morgan fingerprint density at radius 2 is 1.89 bits per heavy atom. The zero-order valence-electron chi connectivity index (χ0n) is 11.1. The highest BCUT2D eigenvalue weighted by Crippen LogP contribution is 2.22. The Morgan fingerprint density at radius 1 is 1.21 bits per heavy atom. The molecule has 0 spiro atoms. The molecule has 5 heteroatoms. The van der Waals surface area contributed by atoms with Gasteiger partial charge in [-0.1, -0.05) is 0 Å². The van der Waals surface area contributed by atoms with Crippen molar-refractivity contribution in [1.82, 2.24) is 9.97 Å². The summed E-state index contributed by atoms with van der Waals surface area (Å²) in [5.41, 5.74) is 1.86. The van der Waals surface area contributed by atoms with Gasteiger partial charge in [0.05, 0.1) is 6.10 Å². The summed E-state index contributed by atoms with van der Waals surface area (Å²) in [6.07, 6.45) is 1.86. The fourth-order valence-electron chi connectivity index (χ4n) is 1.57. The van der Waals surface area contributed by atoms with E-state index in [-0.39, 0.29) is 11.4 Å². The van der Waals surface area contributed by atoms with Gasteiger partial charge in [0.25, 0.3) is 0 Å². The molecule has 0 unspecified atom stereocenters. The molecule has 1 aromatic heterocycles. The molecule has 4 nitrogen and oxygen atoms in total. The summed E-state index contributed by atoms with van der Waals surface area (Å²) >= 11 is 5.78. The van der Waals surface area contributed by atoms with Gasteiger partial charge in [-0.2, -0.15) is 0 Å². The molecule has 0 saturated carbocycles. The minimum absolute atomic E-state index is 0.168. The molecule has 2 aromatic rings. The van der Waals surface area contributed by atoms with E-state index >= 15 is 0 Å². The summed E-state index contributed by atoms with van der Waals surface area (Å²) in [4.78, 5) is 8.07. The van der Waals surface area contributed by atoms with Crippen molar-refractivity contribution in [2.24, 2.45) is 0 Å². The van der Waals surface area contributed by atoms with E-state index in [4.69, 9.17) is 16.3 Å². The maximum Gasteiger partial charge on any atom is 0.224 e. The molecule has 0 atom stereocenters. The first-order chi connectivity index (χ1) is 9.04. The fourth-order valence-corrected chi connectivity index (χ4v) is 1.71. The number of hydrogen-bond donors (Lipinski definition) is 1. The van der Waals surface area contributed by atoms with Crippen molar-refractivity contribution < 1.29 is 4.74 Å². The van der Waals surface area contributed by atoms with Crippen molar-refractivity contribution in [3.63, 3.8) is 0 Å². The predicted octanol–water partition coefficient (Wildman–Crippen LogP) is 3.97. The molecule has 100 valence electrons. The lowest BCUT2D eigenvalue weighted by atomic mass is 10.2. The SMILES string of the molecule is Cc1cnc(Cl)nc1Nc1ccc(OC(C)C)cc1. The second-order valence-corrected chi connectivity index (χ2v) is 4.82. The normalized spacial score (nSPS) is 10.6. The molecule has 0 aliphatic carbocycles. The molecule has 0 bridgehead atoms. The van der Waals surface area contributed by atoms with Crippen LogP contribution in [0.4, 0.5) is 11.5 Å². The van der Waals surface area contributed by atoms with Gasteiger partial charge in [-0.05, 0) is 56.6 Å². The van der Waals surface area contributed by atoms with E-state index in [0.717, 1.165) is 17.0 Å². The van der Waals surface area contributed by atoms with Crippen LogP contribution < -0.4 is 10.1 Å². The Bertz CT molecular complexity index is 555. The van der Waals surface area contributed by atoms with E-state index in [1.807, 2.05) is 45.0 Å². The lowest BCUT2D eigenvalue weighted by Crippen LogP contribution is -2.05.